The molecule has 0 radical (unpaired) electrons. The second-order valence-corrected chi connectivity index (χ2v) is 4.48. The smallest absolute Gasteiger partial charge is 0.357 e. The quantitative estimate of drug-likeness (QED) is 0.242. The minimum absolute atomic E-state index is 0.352. The zero-order chi connectivity index (χ0) is 13.3. The van der Waals surface area contributed by atoms with Crippen molar-refractivity contribution >= 4 is 17.2 Å². The number of aromatic amines is 1. The molecule has 8 nitrogen and oxygen atoms in total. The predicted molar refractivity (Wildman–Crippen MR) is 63.3 cm³/mol. The van der Waals surface area contributed by atoms with Crippen LogP contribution in [0.15, 0.2) is 12.3 Å². The summed E-state index contributed by atoms with van der Waals surface area (Å²) < 4.78 is 6.97. The Morgan fingerprint density at radius 2 is 2.11 bits per heavy atom. The number of fused-ring (bicyclic) bond motifs is 1. The van der Waals surface area contributed by atoms with Gasteiger partial charge in [0.2, 0.25) is 5.65 Å². The average Bonchev–Trinajstić information content (AvgIpc) is 2.72. The van der Waals surface area contributed by atoms with Gasteiger partial charge in [0.05, 0.1) is 0 Å². The van der Waals surface area contributed by atoms with Gasteiger partial charge in [-0.15, -0.1) is 5.10 Å². The van der Waals surface area contributed by atoms with Gasteiger partial charge in [-0.3, -0.25) is 0 Å². The summed E-state index contributed by atoms with van der Waals surface area (Å²) in [6.45, 7) is 0. The number of quaternary nitrogens is 1. The van der Waals surface area contributed by atoms with Gasteiger partial charge in [0.25, 0.3) is 0 Å². The zero-order valence-corrected chi connectivity index (χ0v) is 10.7. The first kappa shape index (κ1) is 12.4. The van der Waals surface area contributed by atoms with E-state index in [1.807, 2.05) is 0 Å². The highest BCUT2D eigenvalue weighted by atomic mass is 16.6. The lowest BCUT2D eigenvalue weighted by atomic mass is 10.4. The van der Waals surface area contributed by atoms with Gasteiger partial charge in [-0.05, 0) is 0 Å². The molecule has 96 valence electrons. The van der Waals surface area contributed by atoms with Crippen molar-refractivity contribution in [2.45, 2.75) is 0 Å². The lowest BCUT2D eigenvalue weighted by Crippen LogP contribution is -2.49. The second kappa shape index (κ2) is 4.31. The topological polar surface area (TPSA) is 86.9 Å². The molecule has 0 aliphatic carbocycles. The molecule has 2 heterocycles. The first-order chi connectivity index (χ1) is 8.39. The van der Waals surface area contributed by atoms with Gasteiger partial charge in [-0.25, -0.2) is 10.2 Å². The van der Waals surface area contributed by atoms with Crippen LogP contribution in [0.4, 0.5) is 0 Å². The Labute approximate surface area is 104 Å². The van der Waals surface area contributed by atoms with Crippen molar-refractivity contribution in [1.29, 1.82) is 0 Å². The molecule has 0 atom stereocenters. The van der Waals surface area contributed by atoms with Gasteiger partial charge >= 0.3 is 6.02 Å². The summed E-state index contributed by atoms with van der Waals surface area (Å²) >= 11 is 0. The van der Waals surface area contributed by atoms with Crippen LogP contribution in [0.2, 0.25) is 0 Å². The molecule has 18 heavy (non-hydrogen) atoms. The van der Waals surface area contributed by atoms with Crippen LogP contribution in [0.25, 0.3) is 11.2 Å². The van der Waals surface area contributed by atoms with E-state index in [1.54, 1.807) is 45.0 Å². The number of ether oxygens (including phenoxy) is 1. The zero-order valence-electron chi connectivity index (χ0n) is 10.7. The molecule has 2 N–H and O–H groups in total. The molecule has 0 fully saturated rings. The molecule has 0 bridgehead atoms. The summed E-state index contributed by atoms with van der Waals surface area (Å²) in [6, 6.07) is 2.02. The van der Waals surface area contributed by atoms with Crippen LogP contribution in [0.3, 0.4) is 0 Å². The van der Waals surface area contributed by atoms with Crippen LogP contribution in [0.1, 0.15) is 0 Å². The van der Waals surface area contributed by atoms with E-state index in [0.29, 0.717) is 22.9 Å². The molecule has 0 saturated carbocycles. The average molecular weight is 252 g/mol. The number of aromatic nitrogens is 4. The second-order valence-electron chi connectivity index (χ2n) is 4.48. The van der Waals surface area contributed by atoms with Crippen LogP contribution in [0.5, 0.6) is 5.75 Å². The maximum atomic E-state index is 10.0. The number of H-pyrrole nitrogens is 1. The highest BCUT2D eigenvalue weighted by Crippen LogP contribution is 2.20. The number of hydroxylamine groups is 3. The standard InChI is InChI=1S/C10H16N6O2/c1-15(2)10(16(3,4)17)18-7-5-6-11-9-8(7)12-14-13-9/h5-6,17H,1-4H3,(H,11,12,13,14)/q+2. The lowest BCUT2D eigenvalue weighted by Gasteiger charge is -2.16. The van der Waals surface area contributed by atoms with Crippen molar-refractivity contribution in [2.24, 2.45) is 0 Å². The molecule has 0 aliphatic heterocycles. The Morgan fingerprint density at radius 3 is 2.72 bits per heavy atom. The largest absolute Gasteiger partial charge is 0.583 e. The van der Waals surface area contributed by atoms with Crippen LogP contribution in [0, 0.1) is 0 Å². The third-order valence-electron chi connectivity index (χ3n) is 2.24. The highest BCUT2D eigenvalue weighted by Gasteiger charge is 2.34. The van der Waals surface area contributed by atoms with Crippen molar-refractivity contribution in [1.82, 2.24) is 20.4 Å². The van der Waals surface area contributed by atoms with Crippen molar-refractivity contribution in [3.8, 4) is 5.75 Å². The van der Waals surface area contributed by atoms with Crippen molar-refractivity contribution in [2.75, 3.05) is 28.2 Å². The molecule has 0 spiro atoms. The van der Waals surface area contributed by atoms with E-state index in [9.17, 15) is 5.21 Å². The molecule has 2 rings (SSSR count). The Hall–Kier alpha value is -2.06. The first-order valence-corrected chi connectivity index (χ1v) is 5.34. The van der Waals surface area contributed by atoms with Crippen LogP contribution in [-0.2, 0) is 0 Å². The van der Waals surface area contributed by atoms with E-state index in [-0.39, 0.29) is 0 Å². The summed E-state index contributed by atoms with van der Waals surface area (Å²) in [7, 11) is 6.76. The van der Waals surface area contributed by atoms with Crippen LogP contribution < -0.4 is 4.74 Å². The monoisotopic (exact) mass is 252 g/mol. The number of hydrogen-bond acceptors (Lipinski definition) is 5. The molecular formula is C10H16N6O2+2. The SMILES string of the molecule is C[N+](C)=C(Oc1ccnc2n[nH]nc12)[N+](C)(C)O. The Bertz CT molecular complexity index is 594. The Morgan fingerprint density at radius 1 is 1.39 bits per heavy atom. The van der Waals surface area contributed by atoms with Crippen LogP contribution in [-0.4, -0.2) is 69.0 Å². The highest BCUT2D eigenvalue weighted by molar-refractivity contribution is 5.79. The molecule has 0 aliphatic rings. The van der Waals surface area contributed by atoms with E-state index >= 15 is 0 Å². The Kier molecular flexibility index (Phi) is 2.97. The molecule has 8 heteroatoms. The summed E-state index contributed by atoms with van der Waals surface area (Å²) in [4.78, 5) is 4.04. The summed E-state index contributed by atoms with van der Waals surface area (Å²) in [6.07, 6.45) is 1.57. The molecule has 2 aromatic heterocycles. The maximum Gasteiger partial charge on any atom is 0.583 e. The van der Waals surface area contributed by atoms with Crippen molar-refractivity contribution < 1.29 is 19.2 Å². The molecule has 0 unspecified atom stereocenters. The molecule has 0 aromatic carbocycles. The fraction of sp³-hybridized carbons (Fsp3) is 0.400. The third-order valence-corrected chi connectivity index (χ3v) is 2.24. The summed E-state index contributed by atoms with van der Waals surface area (Å²) in [5.74, 6) is 0.484. The van der Waals surface area contributed by atoms with Crippen molar-refractivity contribution in [3.05, 3.63) is 12.3 Å². The number of nitrogens with one attached hydrogen (secondary N) is 1. The minimum atomic E-state index is -0.436. The summed E-state index contributed by atoms with van der Waals surface area (Å²) in [5.41, 5.74) is 0.985. The van der Waals surface area contributed by atoms with Gasteiger partial charge < -0.3 is 4.74 Å². The first-order valence-electron chi connectivity index (χ1n) is 5.34. The number of pyridine rings is 1. The Balaban J connectivity index is 2.45. The fourth-order valence-electron chi connectivity index (χ4n) is 1.61. The van der Waals surface area contributed by atoms with Gasteiger partial charge in [0, 0.05) is 12.3 Å². The maximum absolute atomic E-state index is 10.0. The predicted octanol–water partition coefficient (Wildman–Crippen LogP) is -0.175. The lowest BCUT2D eigenvalue weighted by molar-refractivity contribution is -1.02. The minimum Gasteiger partial charge on any atom is -0.357 e. The third kappa shape index (κ3) is 2.29. The van der Waals surface area contributed by atoms with Crippen LogP contribution >= 0.6 is 0 Å². The fourth-order valence-corrected chi connectivity index (χ4v) is 1.61. The molecular weight excluding hydrogens is 236 g/mol. The summed E-state index contributed by atoms with van der Waals surface area (Å²) in [5, 5.41) is 20.3. The van der Waals surface area contributed by atoms with Gasteiger partial charge in [-0.2, -0.15) is 14.9 Å². The van der Waals surface area contributed by atoms with E-state index in [0.717, 1.165) is 0 Å². The number of rotatable bonds is 1. The van der Waals surface area contributed by atoms with E-state index < -0.39 is 4.65 Å². The molecule has 2 aromatic rings. The van der Waals surface area contributed by atoms with Crippen molar-refractivity contribution in [3.63, 3.8) is 0 Å². The number of nitrogens with zero attached hydrogens (tertiary/aromatic N) is 5. The molecule has 0 saturated heterocycles. The van der Waals surface area contributed by atoms with E-state index in [1.165, 1.54) is 0 Å². The normalized spacial score (nSPS) is 11.6. The van der Waals surface area contributed by atoms with Gasteiger partial charge in [0.1, 0.15) is 28.2 Å². The van der Waals surface area contributed by atoms with Gasteiger partial charge in [0.15, 0.2) is 11.3 Å². The number of hydrogen-bond donors (Lipinski definition) is 2. The van der Waals surface area contributed by atoms with Gasteiger partial charge in [-0.1, -0.05) is 4.65 Å². The number of amidine groups is 1. The van der Waals surface area contributed by atoms with E-state index in [4.69, 9.17) is 4.74 Å². The molecule has 0 amide bonds. The van der Waals surface area contributed by atoms with E-state index in [2.05, 4.69) is 20.4 Å².